The number of hydrogen-bond donors (Lipinski definition) is 4. The maximum absolute atomic E-state index is 11.6. The van der Waals surface area contributed by atoms with Crippen LogP contribution in [-0.4, -0.2) is 26.5 Å². The van der Waals surface area contributed by atoms with E-state index in [1.807, 2.05) is 6.92 Å². The van der Waals surface area contributed by atoms with Gasteiger partial charge in [0.05, 0.1) is 0 Å². The van der Waals surface area contributed by atoms with E-state index < -0.39 is 0 Å². The Morgan fingerprint density at radius 2 is 2.12 bits per heavy atom. The van der Waals surface area contributed by atoms with E-state index in [1.54, 1.807) is 0 Å². The highest BCUT2D eigenvalue weighted by atomic mass is 16.1. The minimum Gasteiger partial charge on any atom is -0.369 e. The zero-order chi connectivity index (χ0) is 12.4. The Hall–Kier alpha value is -1.89. The smallest absolute Gasteiger partial charge is 0.278 e. The van der Waals surface area contributed by atoms with Crippen LogP contribution in [0.15, 0.2) is 4.79 Å². The van der Waals surface area contributed by atoms with Crippen LogP contribution in [0, 0.1) is 0 Å². The molecule has 2 rings (SSSR count). The summed E-state index contributed by atoms with van der Waals surface area (Å²) in [7, 11) is 0. The summed E-state index contributed by atoms with van der Waals surface area (Å²) in [5.74, 6) is 1.04. The van der Waals surface area contributed by atoms with E-state index in [1.165, 1.54) is 0 Å². The van der Waals surface area contributed by atoms with Crippen molar-refractivity contribution < 1.29 is 0 Å². The van der Waals surface area contributed by atoms with Crippen molar-refractivity contribution in [3.63, 3.8) is 0 Å². The summed E-state index contributed by atoms with van der Waals surface area (Å²) >= 11 is 0. The van der Waals surface area contributed by atoms with Crippen LogP contribution >= 0.6 is 0 Å². The van der Waals surface area contributed by atoms with Gasteiger partial charge < -0.3 is 16.5 Å². The van der Waals surface area contributed by atoms with Crippen molar-refractivity contribution in [3.8, 4) is 0 Å². The molecule has 0 amide bonds. The molecular formula is C10H16N6O. The normalized spacial score (nSPS) is 13.1. The zero-order valence-electron chi connectivity index (χ0n) is 9.66. The number of hydrogen-bond acceptors (Lipinski definition) is 5. The molecule has 7 heteroatoms. The van der Waals surface area contributed by atoms with Crippen LogP contribution in [0.3, 0.4) is 0 Å². The van der Waals surface area contributed by atoms with E-state index in [-0.39, 0.29) is 17.4 Å². The standard InChI is InChI=1S/C10H16N6O/c1-5(3-2-4-11)7-13-6-8(14-7)15-10(12)16-9(6)17/h5H,2-4,11H2,1H3,(H4,12,13,14,15,16,17). The summed E-state index contributed by atoms with van der Waals surface area (Å²) < 4.78 is 0. The second kappa shape index (κ2) is 4.54. The SMILES string of the molecule is CC(CCCN)c1nc2nc(N)[nH]c(=O)c2[nH]1. The van der Waals surface area contributed by atoms with Gasteiger partial charge in [0.2, 0.25) is 5.95 Å². The van der Waals surface area contributed by atoms with E-state index in [2.05, 4.69) is 19.9 Å². The number of nitrogen functional groups attached to an aromatic ring is 1. The number of aromatic amines is 2. The summed E-state index contributed by atoms with van der Waals surface area (Å²) in [6.45, 7) is 2.68. The zero-order valence-corrected chi connectivity index (χ0v) is 9.66. The Balaban J connectivity index is 2.37. The second-order valence-electron chi connectivity index (χ2n) is 4.10. The number of anilines is 1. The first-order valence-corrected chi connectivity index (χ1v) is 5.57. The minimum atomic E-state index is -0.294. The molecule has 92 valence electrons. The van der Waals surface area contributed by atoms with Gasteiger partial charge in [0, 0.05) is 5.92 Å². The summed E-state index contributed by atoms with van der Waals surface area (Å²) in [5, 5.41) is 0. The van der Waals surface area contributed by atoms with E-state index in [9.17, 15) is 4.79 Å². The summed E-state index contributed by atoms with van der Waals surface area (Å²) in [4.78, 5) is 25.3. The fourth-order valence-electron chi connectivity index (χ4n) is 1.74. The van der Waals surface area contributed by atoms with Gasteiger partial charge in [-0.1, -0.05) is 6.92 Å². The molecule has 17 heavy (non-hydrogen) atoms. The Morgan fingerprint density at radius 3 is 2.82 bits per heavy atom. The number of nitrogens with zero attached hydrogens (tertiary/aromatic N) is 2. The van der Waals surface area contributed by atoms with Crippen molar-refractivity contribution >= 4 is 17.1 Å². The molecule has 6 N–H and O–H groups in total. The van der Waals surface area contributed by atoms with Crippen molar-refractivity contribution in [2.45, 2.75) is 25.7 Å². The van der Waals surface area contributed by atoms with Gasteiger partial charge in [-0.2, -0.15) is 4.98 Å². The molecule has 0 fully saturated rings. The molecular weight excluding hydrogens is 220 g/mol. The molecule has 0 aliphatic rings. The van der Waals surface area contributed by atoms with Crippen molar-refractivity contribution in [1.29, 1.82) is 0 Å². The number of nitrogens with two attached hydrogens (primary N) is 2. The largest absolute Gasteiger partial charge is 0.369 e. The highest BCUT2D eigenvalue weighted by Gasteiger charge is 2.13. The molecule has 1 unspecified atom stereocenters. The summed E-state index contributed by atoms with van der Waals surface area (Å²) in [6.07, 6.45) is 1.84. The molecule has 7 nitrogen and oxygen atoms in total. The van der Waals surface area contributed by atoms with Crippen LogP contribution in [0.2, 0.25) is 0 Å². The molecule has 2 aromatic rings. The first kappa shape index (κ1) is 11.6. The van der Waals surface area contributed by atoms with Gasteiger partial charge in [0.15, 0.2) is 11.2 Å². The fourth-order valence-corrected chi connectivity index (χ4v) is 1.74. The number of imidazole rings is 1. The van der Waals surface area contributed by atoms with E-state index in [0.29, 0.717) is 17.7 Å². The van der Waals surface area contributed by atoms with Crippen LogP contribution in [0.4, 0.5) is 5.95 Å². The molecule has 0 bridgehead atoms. The van der Waals surface area contributed by atoms with Gasteiger partial charge in [0.25, 0.3) is 5.56 Å². The molecule has 2 aromatic heterocycles. The van der Waals surface area contributed by atoms with Crippen LogP contribution < -0.4 is 17.0 Å². The third kappa shape index (κ3) is 2.28. The Kier molecular flexibility index (Phi) is 3.10. The van der Waals surface area contributed by atoms with Gasteiger partial charge in [0.1, 0.15) is 5.82 Å². The van der Waals surface area contributed by atoms with Crippen LogP contribution in [0.1, 0.15) is 31.5 Å². The average Bonchev–Trinajstić information content (AvgIpc) is 2.69. The van der Waals surface area contributed by atoms with E-state index in [0.717, 1.165) is 18.7 Å². The number of rotatable bonds is 4. The molecule has 0 saturated carbocycles. The quantitative estimate of drug-likeness (QED) is 0.597. The molecule has 0 spiro atoms. The number of nitrogens with one attached hydrogen (secondary N) is 2. The molecule has 1 atom stereocenters. The second-order valence-corrected chi connectivity index (χ2v) is 4.10. The first-order valence-electron chi connectivity index (χ1n) is 5.57. The molecule has 0 aromatic carbocycles. The average molecular weight is 236 g/mol. The number of aromatic nitrogens is 4. The van der Waals surface area contributed by atoms with Gasteiger partial charge in [-0.25, -0.2) is 4.98 Å². The van der Waals surface area contributed by atoms with Crippen LogP contribution in [0.5, 0.6) is 0 Å². The van der Waals surface area contributed by atoms with Gasteiger partial charge in [-0.3, -0.25) is 9.78 Å². The van der Waals surface area contributed by atoms with Crippen LogP contribution in [0.25, 0.3) is 11.2 Å². The predicted molar refractivity (Wildman–Crippen MR) is 65.6 cm³/mol. The van der Waals surface area contributed by atoms with Gasteiger partial charge in [-0.05, 0) is 19.4 Å². The number of H-pyrrole nitrogens is 2. The molecule has 0 radical (unpaired) electrons. The number of fused-ring (bicyclic) bond motifs is 1. The van der Waals surface area contributed by atoms with E-state index in [4.69, 9.17) is 11.5 Å². The minimum absolute atomic E-state index is 0.0789. The topological polar surface area (TPSA) is 126 Å². The fraction of sp³-hybridized carbons (Fsp3) is 0.500. The Bertz CT molecular complexity index is 572. The summed E-state index contributed by atoms with van der Waals surface area (Å²) in [5.41, 5.74) is 11.3. The molecule has 2 heterocycles. The molecule has 0 aliphatic carbocycles. The maximum atomic E-state index is 11.6. The highest BCUT2D eigenvalue weighted by molar-refractivity contribution is 5.70. The lowest BCUT2D eigenvalue weighted by Gasteiger charge is -2.05. The van der Waals surface area contributed by atoms with E-state index >= 15 is 0 Å². The third-order valence-electron chi connectivity index (χ3n) is 2.71. The lowest BCUT2D eigenvalue weighted by molar-refractivity contribution is 0.616. The van der Waals surface area contributed by atoms with Gasteiger partial charge in [-0.15, -0.1) is 0 Å². The maximum Gasteiger partial charge on any atom is 0.278 e. The lowest BCUT2D eigenvalue weighted by atomic mass is 10.1. The Morgan fingerprint density at radius 1 is 1.35 bits per heavy atom. The third-order valence-corrected chi connectivity index (χ3v) is 2.71. The summed E-state index contributed by atoms with van der Waals surface area (Å²) in [6, 6.07) is 0. The molecule has 0 saturated heterocycles. The van der Waals surface area contributed by atoms with Crippen LogP contribution in [-0.2, 0) is 0 Å². The van der Waals surface area contributed by atoms with Crippen molar-refractivity contribution in [2.75, 3.05) is 12.3 Å². The molecule has 0 aliphatic heterocycles. The highest BCUT2D eigenvalue weighted by Crippen LogP contribution is 2.18. The van der Waals surface area contributed by atoms with Crippen molar-refractivity contribution in [2.24, 2.45) is 5.73 Å². The van der Waals surface area contributed by atoms with Crippen molar-refractivity contribution in [3.05, 3.63) is 16.2 Å². The van der Waals surface area contributed by atoms with Crippen molar-refractivity contribution in [1.82, 2.24) is 19.9 Å². The lowest BCUT2D eigenvalue weighted by Crippen LogP contribution is -2.10. The predicted octanol–water partition coefficient (Wildman–Crippen LogP) is 0.0708. The Labute approximate surface area is 97.6 Å². The first-order chi connectivity index (χ1) is 8.11. The van der Waals surface area contributed by atoms with Gasteiger partial charge >= 0.3 is 0 Å². The monoisotopic (exact) mass is 236 g/mol.